The summed E-state index contributed by atoms with van der Waals surface area (Å²) in [5.41, 5.74) is 1.61. The Balaban J connectivity index is 1.95. The minimum atomic E-state index is -0.381. The molecule has 0 aliphatic carbocycles. The molecule has 1 atom stereocenters. The second-order valence-electron chi connectivity index (χ2n) is 5.10. The Hall–Kier alpha value is -2.55. The lowest BCUT2D eigenvalue weighted by Crippen LogP contribution is -2.19. The van der Waals surface area contributed by atoms with Crippen LogP contribution in [0.3, 0.4) is 0 Å². The first-order valence-corrected chi connectivity index (χ1v) is 8.67. The number of benzene rings is 1. The zero-order chi connectivity index (χ0) is 17.8. The highest BCUT2D eigenvalue weighted by molar-refractivity contribution is 8.00. The van der Waals surface area contributed by atoms with Gasteiger partial charge in [-0.25, -0.2) is 14.4 Å². The van der Waals surface area contributed by atoms with Gasteiger partial charge in [-0.1, -0.05) is 23.9 Å². The summed E-state index contributed by atoms with van der Waals surface area (Å²) in [6.07, 6.45) is 1.99. The highest BCUT2D eigenvalue weighted by Gasteiger charge is 2.23. The maximum Gasteiger partial charge on any atom is 0.319 e. The normalized spacial score (nSPS) is 12.3. The van der Waals surface area contributed by atoms with Gasteiger partial charge in [0.2, 0.25) is 0 Å². The molecule has 0 spiro atoms. The van der Waals surface area contributed by atoms with Crippen molar-refractivity contribution in [2.45, 2.75) is 30.5 Å². The molecule has 0 bridgehead atoms. The van der Waals surface area contributed by atoms with Crippen molar-refractivity contribution in [3.63, 3.8) is 0 Å². The van der Waals surface area contributed by atoms with Crippen LogP contribution in [0.4, 0.5) is 4.39 Å². The molecule has 0 saturated carbocycles. The van der Waals surface area contributed by atoms with Crippen molar-refractivity contribution in [1.29, 1.82) is 0 Å². The molecule has 9 heteroatoms. The minimum Gasteiger partial charge on any atom is -0.465 e. The van der Waals surface area contributed by atoms with Crippen LogP contribution in [-0.2, 0) is 9.53 Å². The number of esters is 1. The molecule has 3 aromatic rings. The standard InChI is InChI=1S/C16H16FN5O2S/c1-3-12(16(23)24-4-2)25-15-13-14(18-9-19-15)22(21-20-13)11-7-5-10(17)6-8-11/h5-9,12H,3-4H2,1-2H3/t12-/m0/s1. The average molecular weight is 361 g/mol. The largest absolute Gasteiger partial charge is 0.465 e. The smallest absolute Gasteiger partial charge is 0.319 e. The maximum absolute atomic E-state index is 13.1. The van der Waals surface area contributed by atoms with Crippen molar-refractivity contribution in [2.75, 3.05) is 6.61 Å². The number of fused-ring (bicyclic) bond motifs is 1. The summed E-state index contributed by atoms with van der Waals surface area (Å²) >= 11 is 1.28. The molecular formula is C16H16FN5O2S. The number of halogens is 1. The van der Waals surface area contributed by atoms with E-state index in [-0.39, 0.29) is 17.0 Å². The van der Waals surface area contributed by atoms with Gasteiger partial charge in [0, 0.05) is 0 Å². The summed E-state index contributed by atoms with van der Waals surface area (Å²) in [7, 11) is 0. The number of thioether (sulfide) groups is 1. The van der Waals surface area contributed by atoms with Gasteiger partial charge in [-0.15, -0.1) is 5.10 Å². The third kappa shape index (κ3) is 3.60. The highest BCUT2D eigenvalue weighted by Crippen LogP contribution is 2.29. The number of ether oxygens (including phenoxy) is 1. The van der Waals surface area contributed by atoms with Crippen LogP contribution in [0.15, 0.2) is 35.6 Å². The van der Waals surface area contributed by atoms with Gasteiger partial charge < -0.3 is 4.74 Å². The predicted octanol–water partition coefficient (Wildman–Crippen LogP) is 2.78. The summed E-state index contributed by atoms with van der Waals surface area (Å²) in [6.45, 7) is 4.00. The first-order chi connectivity index (χ1) is 12.1. The third-order valence-corrected chi connectivity index (χ3v) is 4.78. The van der Waals surface area contributed by atoms with E-state index in [1.54, 1.807) is 19.1 Å². The fraction of sp³-hybridized carbons (Fsp3) is 0.312. The van der Waals surface area contributed by atoms with Crippen LogP contribution >= 0.6 is 11.8 Å². The number of hydrogen-bond donors (Lipinski definition) is 0. The Kier molecular flexibility index (Phi) is 5.22. The summed E-state index contributed by atoms with van der Waals surface area (Å²) < 4.78 is 19.7. The zero-order valence-electron chi connectivity index (χ0n) is 13.7. The van der Waals surface area contributed by atoms with Crippen LogP contribution in [0.5, 0.6) is 0 Å². The van der Waals surface area contributed by atoms with E-state index in [9.17, 15) is 9.18 Å². The molecule has 1 aromatic carbocycles. The van der Waals surface area contributed by atoms with Crippen LogP contribution < -0.4 is 0 Å². The SMILES string of the molecule is CCOC(=O)[C@H](CC)Sc1ncnc2c1nnn2-c1ccc(F)cc1. The van der Waals surface area contributed by atoms with E-state index in [4.69, 9.17) is 4.74 Å². The Morgan fingerprint density at radius 2 is 2.04 bits per heavy atom. The molecule has 2 aromatic heterocycles. The van der Waals surface area contributed by atoms with Gasteiger partial charge in [-0.3, -0.25) is 4.79 Å². The van der Waals surface area contributed by atoms with E-state index in [0.717, 1.165) is 0 Å². The van der Waals surface area contributed by atoms with Crippen molar-refractivity contribution >= 4 is 28.9 Å². The molecule has 0 unspecified atom stereocenters. The van der Waals surface area contributed by atoms with Crippen LogP contribution in [0.2, 0.25) is 0 Å². The molecule has 0 amide bonds. The zero-order valence-corrected chi connectivity index (χ0v) is 14.5. The van der Waals surface area contributed by atoms with Crippen molar-refractivity contribution in [1.82, 2.24) is 25.0 Å². The Morgan fingerprint density at radius 1 is 1.28 bits per heavy atom. The molecule has 0 N–H and O–H groups in total. The van der Waals surface area contributed by atoms with Gasteiger partial charge in [0.05, 0.1) is 12.3 Å². The topological polar surface area (TPSA) is 82.8 Å². The van der Waals surface area contributed by atoms with Gasteiger partial charge in [0.1, 0.15) is 22.4 Å². The molecule has 7 nitrogen and oxygen atoms in total. The first-order valence-electron chi connectivity index (χ1n) is 7.79. The summed E-state index contributed by atoms with van der Waals surface area (Å²) in [5, 5.41) is 8.39. The van der Waals surface area contributed by atoms with Crippen molar-refractivity contribution in [2.24, 2.45) is 0 Å². The lowest BCUT2D eigenvalue weighted by Gasteiger charge is -2.12. The molecule has 130 valence electrons. The van der Waals surface area contributed by atoms with Crippen LogP contribution in [0.1, 0.15) is 20.3 Å². The van der Waals surface area contributed by atoms with E-state index in [1.807, 2.05) is 6.92 Å². The van der Waals surface area contributed by atoms with Crippen molar-refractivity contribution in [3.05, 3.63) is 36.4 Å². The summed E-state index contributed by atoms with van der Waals surface area (Å²) in [5.74, 6) is -0.619. The van der Waals surface area contributed by atoms with E-state index in [1.165, 1.54) is 34.9 Å². The van der Waals surface area contributed by atoms with E-state index >= 15 is 0 Å². The monoisotopic (exact) mass is 361 g/mol. The lowest BCUT2D eigenvalue weighted by molar-refractivity contribution is -0.142. The second-order valence-corrected chi connectivity index (χ2v) is 6.29. The fourth-order valence-electron chi connectivity index (χ4n) is 2.24. The Morgan fingerprint density at radius 3 is 2.72 bits per heavy atom. The molecule has 2 heterocycles. The first kappa shape index (κ1) is 17.3. The van der Waals surface area contributed by atoms with E-state index < -0.39 is 0 Å². The van der Waals surface area contributed by atoms with Crippen LogP contribution in [-0.4, -0.2) is 42.8 Å². The molecule has 25 heavy (non-hydrogen) atoms. The number of rotatable bonds is 6. The van der Waals surface area contributed by atoms with Gasteiger partial charge >= 0.3 is 5.97 Å². The van der Waals surface area contributed by atoms with Crippen LogP contribution in [0, 0.1) is 5.82 Å². The van der Waals surface area contributed by atoms with E-state index in [2.05, 4.69) is 20.3 Å². The number of aromatic nitrogens is 5. The fourth-order valence-corrected chi connectivity index (χ4v) is 3.19. The van der Waals surface area contributed by atoms with Gasteiger partial charge in [-0.2, -0.15) is 4.68 Å². The summed E-state index contributed by atoms with van der Waals surface area (Å²) in [6, 6.07) is 5.86. The maximum atomic E-state index is 13.1. The van der Waals surface area contributed by atoms with Gasteiger partial charge in [0.25, 0.3) is 0 Å². The lowest BCUT2D eigenvalue weighted by atomic mass is 10.3. The average Bonchev–Trinajstić information content (AvgIpc) is 3.05. The second kappa shape index (κ2) is 7.56. The Labute approximate surface area is 147 Å². The Bertz CT molecular complexity index is 884. The molecule has 0 saturated heterocycles. The van der Waals surface area contributed by atoms with E-state index in [0.29, 0.717) is 34.9 Å². The van der Waals surface area contributed by atoms with Gasteiger partial charge in [0.15, 0.2) is 11.2 Å². The molecule has 3 rings (SSSR count). The summed E-state index contributed by atoms with van der Waals surface area (Å²) in [4.78, 5) is 20.5. The van der Waals surface area contributed by atoms with Crippen LogP contribution in [0.25, 0.3) is 16.9 Å². The van der Waals surface area contributed by atoms with Crippen molar-refractivity contribution < 1.29 is 13.9 Å². The molecule has 0 aliphatic heterocycles. The molecule has 0 radical (unpaired) electrons. The number of nitrogens with zero attached hydrogens (tertiary/aromatic N) is 5. The van der Waals surface area contributed by atoms with Gasteiger partial charge in [-0.05, 0) is 37.6 Å². The van der Waals surface area contributed by atoms with Crippen molar-refractivity contribution in [3.8, 4) is 5.69 Å². The molecule has 0 fully saturated rings. The number of carbonyl (C=O) groups excluding carboxylic acids is 1. The predicted molar refractivity (Wildman–Crippen MR) is 91.0 cm³/mol. The minimum absolute atomic E-state index is 0.285. The number of carbonyl (C=O) groups is 1. The molecule has 0 aliphatic rings. The quantitative estimate of drug-likeness (QED) is 0.379. The number of hydrogen-bond acceptors (Lipinski definition) is 7. The third-order valence-electron chi connectivity index (χ3n) is 3.45. The molecular weight excluding hydrogens is 345 g/mol. The highest BCUT2D eigenvalue weighted by atomic mass is 32.2.